The molecule has 8 atom stereocenters. The highest BCUT2D eigenvalue weighted by Gasteiger charge is 2.70. The number of nitrogens with zero attached hydrogens (tertiary/aromatic N) is 1. The summed E-state index contributed by atoms with van der Waals surface area (Å²) in [6, 6.07) is 17.5. The Bertz CT molecular complexity index is 2110. The van der Waals surface area contributed by atoms with Gasteiger partial charge in [-0.05, 0) is 71.2 Å². The summed E-state index contributed by atoms with van der Waals surface area (Å²) in [5, 5.41) is 16.0. The number of nitrogens with one attached hydrogen (secondary N) is 2. The number of benzene rings is 3. The second-order valence-electron chi connectivity index (χ2n) is 13.6. The highest BCUT2D eigenvalue weighted by atomic mass is 35.5. The summed E-state index contributed by atoms with van der Waals surface area (Å²) in [6.45, 7) is 3.12. The summed E-state index contributed by atoms with van der Waals surface area (Å²) in [5.41, 5.74) is 1.34. The topological polar surface area (TPSA) is 146 Å². The summed E-state index contributed by atoms with van der Waals surface area (Å²) in [6.07, 6.45) is 0.642. The van der Waals surface area contributed by atoms with Gasteiger partial charge in [0, 0.05) is 32.3 Å². The van der Waals surface area contributed by atoms with E-state index in [0.29, 0.717) is 33.5 Å². The van der Waals surface area contributed by atoms with E-state index in [2.05, 4.69) is 10.3 Å². The van der Waals surface area contributed by atoms with E-state index in [-0.39, 0.29) is 40.4 Å². The largest absolute Gasteiger partial charge is 0.483 e. The predicted octanol–water partition coefficient (Wildman–Crippen LogP) is 5.84. The molecule has 1 aromatic heterocycles. The van der Waals surface area contributed by atoms with E-state index in [9.17, 15) is 29.1 Å². The predicted molar refractivity (Wildman–Crippen MR) is 186 cm³/mol. The number of H-pyrrole nitrogens is 1. The molecule has 3 fully saturated rings. The maximum atomic E-state index is 14.0. The van der Waals surface area contributed by atoms with Crippen LogP contribution in [0.25, 0.3) is 10.8 Å². The molecule has 49 heavy (non-hydrogen) atoms. The average molecular weight is 718 g/mol. The van der Waals surface area contributed by atoms with Crippen molar-refractivity contribution >= 4 is 74.9 Å². The Morgan fingerprint density at radius 1 is 1.02 bits per heavy atom. The fraction of sp³-hybridized carbons (Fsp3) is 0.361. The number of amides is 3. The number of hydrogen-bond donors (Lipinski definition) is 3. The van der Waals surface area contributed by atoms with Crippen molar-refractivity contribution in [3.63, 3.8) is 0 Å². The Morgan fingerprint density at radius 2 is 1.76 bits per heavy atom. The Kier molecular flexibility index (Phi) is 7.88. The summed E-state index contributed by atoms with van der Waals surface area (Å²) in [5.74, 6) is -4.62. The van der Waals surface area contributed by atoms with Gasteiger partial charge in [-0.3, -0.25) is 24.1 Å². The van der Waals surface area contributed by atoms with Crippen molar-refractivity contribution in [3.05, 3.63) is 85.8 Å². The molecule has 2 aliphatic carbocycles. The highest BCUT2D eigenvalue weighted by Crippen LogP contribution is 2.69. The van der Waals surface area contributed by atoms with Crippen molar-refractivity contribution in [2.45, 2.75) is 42.5 Å². The minimum absolute atomic E-state index is 0.115. The van der Waals surface area contributed by atoms with Crippen molar-refractivity contribution in [3.8, 4) is 5.75 Å². The molecule has 3 amide bonds. The van der Waals surface area contributed by atoms with E-state index in [0.717, 1.165) is 31.9 Å². The maximum absolute atomic E-state index is 14.0. The SMILES string of the molecule is CC(C)C(C(=O)O)N1C(=O)C2C3CC(C2C1=O)C1C3Sc2[nH]c(=O)sc2[C@@H]1c1cc(Cl)ccc1OCC(=O)Nc1ccc2ccccc2c1. The molecule has 0 radical (unpaired) electrons. The molecule has 3 heterocycles. The number of aromatic nitrogens is 1. The van der Waals surface area contributed by atoms with E-state index in [1.165, 1.54) is 11.8 Å². The number of aliphatic carboxylic acids is 1. The second kappa shape index (κ2) is 12.0. The van der Waals surface area contributed by atoms with Crippen LogP contribution in [0.15, 0.2) is 70.5 Å². The fourth-order valence-electron chi connectivity index (χ4n) is 8.86. The molecule has 7 unspecified atom stereocenters. The van der Waals surface area contributed by atoms with Gasteiger partial charge >= 0.3 is 10.8 Å². The number of hydrogen-bond acceptors (Lipinski definition) is 8. The number of imide groups is 1. The van der Waals surface area contributed by atoms with Crippen LogP contribution in [-0.4, -0.2) is 56.6 Å². The summed E-state index contributed by atoms with van der Waals surface area (Å²) in [7, 11) is 0. The summed E-state index contributed by atoms with van der Waals surface area (Å²) < 4.78 is 6.19. The van der Waals surface area contributed by atoms with Crippen LogP contribution in [0, 0.1) is 35.5 Å². The number of carbonyl (C=O) groups excluding carboxylic acids is 3. The number of carboxylic acids is 1. The van der Waals surface area contributed by atoms with Gasteiger partial charge < -0.3 is 20.1 Å². The van der Waals surface area contributed by atoms with Crippen LogP contribution >= 0.6 is 34.7 Å². The quantitative estimate of drug-likeness (QED) is 0.193. The number of likely N-dealkylation sites (tertiary alicyclic amines) is 1. The Balaban J connectivity index is 1.12. The molecule has 4 aliphatic rings. The Labute approximate surface area is 294 Å². The molecule has 2 saturated carbocycles. The lowest BCUT2D eigenvalue weighted by Crippen LogP contribution is -2.49. The monoisotopic (exact) mass is 717 g/mol. The first kappa shape index (κ1) is 32.1. The summed E-state index contributed by atoms with van der Waals surface area (Å²) in [4.78, 5) is 70.6. The minimum atomic E-state index is -1.23. The molecule has 13 heteroatoms. The smallest absolute Gasteiger partial charge is 0.327 e. The van der Waals surface area contributed by atoms with E-state index in [1.54, 1.807) is 32.0 Å². The average Bonchev–Trinajstić information content (AvgIpc) is 3.80. The molecule has 2 aliphatic heterocycles. The molecule has 252 valence electrons. The van der Waals surface area contributed by atoms with Crippen LogP contribution in [0.4, 0.5) is 5.69 Å². The van der Waals surface area contributed by atoms with Gasteiger partial charge in [-0.1, -0.05) is 67.1 Å². The third-order valence-corrected chi connectivity index (χ3v) is 13.4. The molecule has 3 N–H and O–H groups in total. The van der Waals surface area contributed by atoms with Gasteiger partial charge in [0.05, 0.1) is 16.9 Å². The first-order valence-corrected chi connectivity index (χ1v) is 18.3. The zero-order valence-corrected chi connectivity index (χ0v) is 28.8. The van der Waals surface area contributed by atoms with Crippen LogP contribution in [0.5, 0.6) is 5.75 Å². The van der Waals surface area contributed by atoms with Crippen LogP contribution in [-0.2, 0) is 19.2 Å². The molecule has 3 aromatic carbocycles. The van der Waals surface area contributed by atoms with Crippen LogP contribution in [0.2, 0.25) is 5.02 Å². The Hall–Kier alpha value is -4.13. The number of halogens is 1. The number of carboxylic acid groups (broad SMARTS) is 1. The van der Waals surface area contributed by atoms with Crippen LogP contribution in [0.1, 0.15) is 36.6 Å². The zero-order valence-electron chi connectivity index (χ0n) is 26.4. The molecule has 10 nitrogen and oxygen atoms in total. The minimum Gasteiger partial charge on any atom is -0.483 e. The van der Waals surface area contributed by atoms with Gasteiger partial charge in [0.2, 0.25) is 11.8 Å². The number of carbonyl (C=O) groups is 4. The van der Waals surface area contributed by atoms with Crippen molar-refractivity contribution in [2.75, 3.05) is 11.9 Å². The molecule has 2 bridgehead atoms. The number of fused-ring (bicyclic) bond motifs is 10. The number of rotatable bonds is 8. The van der Waals surface area contributed by atoms with Gasteiger partial charge in [0.15, 0.2) is 6.61 Å². The molecule has 0 spiro atoms. The van der Waals surface area contributed by atoms with Crippen molar-refractivity contribution in [1.82, 2.24) is 9.88 Å². The standard InChI is InChI=1S/C36H32ClN3O7S2/c1-15(2)29(35(44)45)40-33(42)27-21-13-22(28(27)34(40)43)30-26(21)25(31-32(48-30)39-36(46)49-31)20-12-18(37)8-10-23(20)47-14-24(41)38-19-9-7-16-5-3-4-6-17(16)11-19/h3-12,15,21-22,25-30H,13-14H2,1-2H3,(H,38,41)(H,39,46)(H,44,45)/t21?,22?,25-,26?,27?,28?,29?,30?/m1/s1. The number of anilines is 1. The molecule has 1 saturated heterocycles. The molecule has 8 rings (SSSR count). The van der Waals surface area contributed by atoms with Crippen LogP contribution in [0.3, 0.4) is 0 Å². The lowest BCUT2D eigenvalue weighted by Gasteiger charge is -2.43. The van der Waals surface area contributed by atoms with Crippen molar-refractivity contribution in [2.24, 2.45) is 35.5 Å². The number of aromatic amines is 1. The number of thiazole rings is 1. The van der Waals surface area contributed by atoms with E-state index in [1.807, 2.05) is 42.5 Å². The van der Waals surface area contributed by atoms with E-state index in [4.69, 9.17) is 16.3 Å². The maximum Gasteiger partial charge on any atom is 0.327 e. The van der Waals surface area contributed by atoms with Crippen molar-refractivity contribution < 1.29 is 29.0 Å². The van der Waals surface area contributed by atoms with Gasteiger partial charge in [0.25, 0.3) is 5.91 Å². The van der Waals surface area contributed by atoms with E-state index >= 15 is 0 Å². The van der Waals surface area contributed by atoms with Gasteiger partial charge in [-0.15, -0.1) is 11.8 Å². The van der Waals surface area contributed by atoms with E-state index < -0.39 is 47.5 Å². The van der Waals surface area contributed by atoms with Gasteiger partial charge in [-0.25, -0.2) is 4.79 Å². The summed E-state index contributed by atoms with van der Waals surface area (Å²) >= 11 is 9.22. The first-order valence-electron chi connectivity index (χ1n) is 16.2. The lowest BCUT2D eigenvalue weighted by molar-refractivity contribution is -0.157. The zero-order chi connectivity index (χ0) is 34.3. The molecule has 4 aromatic rings. The Morgan fingerprint density at radius 3 is 2.49 bits per heavy atom. The normalized spacial score (nSPS) is 27.3. The number of thioether (sulfide) groups is 1. The van der Waals surface area contributed by atoms with Gasteiger partial charge in [-0.2, -0.15) is 0 Å². The molecular formula is C36H32ClN3O7S2. The van der Waals surface area contributed by atoms with Crippen molar-refractivity contribution in [1.29, 1.82) is 0 Å². The van der Waals surface area contributed by atoms with Crippen LogP contribution < -0.4 is 14.9 Å². The second-order valence-corrected chi connectivity index (χ2v) is 16.3. The van der Waals surface area contributed by atoms with Gasteiger partial charge in [0.1, 0.15) is 11.8 Å². The molecular weight excluding hydrogens is 686 g/mol. The fourth-order valence-corrected chi connectivity index (χ4v) is 11.9. The lowest BCUT2D eigenvalue weighted by atomic mass is 9.68. The third-order valence-electron chi connectivity index (χ3n) is 10.6. The first-order chi connectivity index (χ1) is 23.5. The third kappa shape index (κ3) is 5.18. The number of ether oxygens (including phenoxy) is 1. The highest BCUT2D eigenvalue weighted by molar-refractivity contribution is 8.00.